The highest BCUT2D eigenvalue weighted by Gasteiger charge is 2.12. The van der Waals surface area contributed by atoms with Gasteiger partial charge in [0.05, 0.1) is 6.10 Å². The highest BCUT2D eigenvalue weighted by Crippen LogP contribution is 2.14. The summed E-state index contributed by atoms with van der Waals surface area (Å²) >= 11 is 0. The lowest BCUT2D eigenvalue weighted by Gasteiger charge is -2.18. The van der Waals surface area contributed by atoms with Gasteiger partial charge in [0.15, 0.2) is 0 Å². The van der Waals surface area contributed by atoms with Crippen molar-refractivity contribution in [1.82, 2.24) is 4.90 Å². The van der Waals surface area contributed by atoms with Gasteiger partial charge in [0.1, 0.15) is 0 Å². The van der Waals surface area contributed by atoms with Crippen molar-refractivity contribution in [3.8, 4) is 0 Å². The van der Waals surface area contributed by atoms with Crippen molar-refractivity contribution < 1.29 is 9.90 Å². The number of hydrogen-bond acceptors (Lipinski definition) is 3. The normalized spacial score (nSPS) is 12.2. The van der Waals surface area contributed by atoms with Crippen LogP contribution in [-0.2, 0) is 0 Å². The first-order chi connectivity index (χ1) is 7.91. The Morgan fingerprint density at radius 3 is 2.71 bits per heavy atom. The Morgan fingerprint density at radius 1 is 1.53 bits per heavy atom. The molecule has 0 heterocycles. The highest BCUT2D eigenvalue weighted by atomic mass is 16.3. The van der Waals surface area contributed by atoms with Crippen LogP contribution in [0.3, 0.4) is 0 Å². The largest absolute Gasteiger partial charge is 0.398 e. The van der Waals surface area contributed by atoms with Gasteiger partial charge in [-0.25, -0.2) is 0 Å². The standard InChI is InChI=1S/C13H20N2O2/c1-9-4-5-11(8-12(9)14)13(17)15(3)7-6-10(2)16/h4-5,8,10,16H,6-7,14H2,1-3H3. The molecule has 0 aliphatic carbocycles. The summed E-state index contributed by atoms with van der Waals surface area (Å²) in [6, 6.07) is 5.30. The second kappa shape index (κ2) is 5.68. The van der Waals surface area contributed by atoms with Crippen LogP contribution in [0.1, 0.15) is 29.3 Å². The van der Waals surface area contributed by atoms with Crippen LogP contribution >= 0.6 is 0 Å². The molecule has 1 rings (SSSR count). The van der Waals surface area contributed by atoms with E-state index >= 15 is 0 Å². The average Bonchev–Trinajstić information content (AvgIpc) is 2.28. The molecule has 0 saturated heterocycles. The first-order valence-electron chi connectivity index (χ1n) is 5.71. The van der Waals surface area contributed by atoms with Gasteiger partial charge in [-0.05, 0) is 38.0 Å². The summed E-state index contributed by atoms with van der Waals surface area (Å²) in [6.07, 6.45) is 0.178. The van der Waals surface area contributed by atoms with E-state index in [1.165, 1.54) is 0 Å². The third kappa shape index (κ3) is 3.75. The summed E-state index contributed by atoms with van der Waals surface area (Å²) < 4.78 is 0. The van der Waals surface area contributed by atoms with Crippen LogP contribution < -0.4 is 5.73 Å². The van der Waals surface area contributed by atoms with Crippen molar-refractivity contribution in [1.29, 1.82) is 0 Å². The van der Waals surface area contributed by atoms with Crippen LogP contribution in [0.5, 0.6) is 0 Å². The zero-order chi connectivity index (χ0) is 13.0. The molecule has 0 saturated carbocycles. The third-order valence-corrected chi connectivity index (χ3v) is 2.76. The first kappa shape index (κ1) is 13.5. The van der Waals surface area contributed by atoms with Crippen LogP contribution in [-0.4, -0.2) is 35.6 Å². The molecule has 1 aromatic carbocycles. The first-order valence-corrected chi connectivity index (χ1v) is 5.71. The zero-order valence-electron chi connectivity index (χ0n) is 10.6. The lowest BCUT2D eigenvalue weighted by Crippen LogP contribution is -2.29. The van der Waals surface area contributed by atoms with Gasteiger partial charge < -0.3 is 15.7 Å². The van der Waals surface area contributed by atoms with Crippen LogP contribution in [0, 0.1) is 6.92 Å². The molecule has 17 heavy (non-hydrogen) atoms. The molecule has 1 unspecified atom stereocenters. The Hall–Kier alpha value is -1.55. The molecule has 1 aromatic rings. The van der Waals surface area contributed by atoms with Gasteiger partial charge in [-0.2, -0.15) is 0 Å². The topological polar surface area (TPSA) is 66.6 Å². The molecule has 0 aliphatic heterocycles. The maximum atomic E-state index is 12.0. The monoisotopic (exact) mass is 236 g/mol. The summed E-state index contributed by atoms with van der Waals surface area (Å²) in [5.74, 6) is -0.0719. The number of nitrogens with two attached hydrogens (primary N) is 1. The fourth-order valence-electron chi connectivity index (χ4n) is 1.48. The lowest BCUT2D eigenvalue weighted by atomic mass is 10.1. The van der Waals surface area contributed by atoms with Crippen LogP contribution in [0.25, 0.3) is 0 Å². The molecule has 4 nitrogen and oxygen atoms in total. The molecular weight excluding hydrogens is 216 g/mol. The average molecular weight is 236 g/mol. The van der Waals surface area contributed by atoms with Crippen molar-refractivity contribution in [2.45, 2.75) is 26.4 Å². The van der Waals surface area contributed by atoms with E-state index in [1.54, 1.807) is 31.0 Å². The minimum Gasteiger partial charge on any atom is -0.398 e. The second-order valence-corrected chi connectivity index (χ2v) is 4.44. The quantitative estimate of drug-likeness (QED) is 0.777. The van der Waals surface area contributed by atoms with Crippen molar-refractivity contribution in [3.63, 3.8) is 0 Å². The Kier molecular flexibility index (Phi) is 4.52. The van der Waals surface area contributed by atoms with Gasteiger partial charge in [0.25, 0.3) is 5.91 Å². The van der Waals surface area contributed by atoms with Gasteiger partial charge in [0.2, 0.25) is 0 Å². The summed E-state index contributed by atoms with van der Waals surface area (Å²) in [4.78, 5) is 13.6. The predicted molar refractivity (Wildman–Crippen MR) is 68.8 cm³/mol. The number of aliphatic hydroxyl groups is 1. The van der Waals surface area contributed by atoms with Gasteiger partial charge in [-0.1, -0.05) is 6.07 Å². The molecule has 1 amide bonds. The van der Waals surface area contributed by atoms with Gasteiger partial charge in [0, 0.05) is 24.8 Å². The molecule has 0 aliphatic rings. The minimum atomic E-state index is -0.395. The number of benzene rings is 1. The maximum Gasteiger partial charge on any atom is 0.253 e. The Labute approximate surface area is 102 Å². The van der Waals surface area contributed by atoms with Crippen molar-refractivity contribution in [2.75, 3.05) is 19.3 Å². The molecule has 0 bridgehead atoms. The number of carbonyl (C=O) groups excluding carboxylic acids is 1. The SMILES string of the molecule is Cc1ccc(C(=O)N(C)CCC(C)O)cc1N. The second-order valence-electron chi connectivity index (χ2n) is 4.44. The van der Waals surface area contributed by atoms with E-state index in [4.69, 9.17) is 5.73 Å². The number of rotatable bonds is 4. The van der Waals surface area contributed by atoms with Crippen LogP contribution in [0.2, 0.25) is 0 Å². The predicted octanol–water partition coefficient (Wildman–Crippen LogP) is 1.42. The Morgan fingerprint density at radius 2 is 2.18 bits per heavy atom. The Balaban J connectivity index is 2.71. The molecule has 0 radical (unpaired) electrons. The number of hydrogen-bond donors (Lipinski definition) is 2. The number of nitrogens with zero attached hydrogens (tertiary/aromatic N) is 1. The van der Waals surface area contributed by atoms with Crippen molar-refractivity contribution >= 4 is 11.6 Å². The minimum absolute atomic E-state index is 0.0719. The van der Waals surface area contributed by atoms with Crippen molar-refractivity contribution in [2.24, 2.45) is 0 Å². The van der Waals surface area contributed by atoms with Gasteiger partial charge in [-0.15, -0.1) is 0 Å². The summed E-state index contributed by atoms with van der Waals surface area (Å²) in [6.45, 7) is 4.15. The number of anilines is 1. The number of aliphatic hydroxyl groups excluding tert-OH is 1. The molecule has 0 aromatic heterocycles. The van der Waals surface area contributed by atoms with E-state index < -0.39 is 6.10 Å². The Bertz CT molecular complexity index is 402. The fourth-order valence-corrected chi connectivity index (χ4v) is 1.48. The van der Waals surface area contributed by atoms with E-state index in [0.29, 0.717) is 24.2 Å². The zero-order valence-corrected chi connectivity index (χ0v) is 10.6. The maximum absolute atomic E-state index is 12.0. The van der Waals surface area contributed by atoms with Gasteiger partial charge in [-0.3, -0.25) is 4.79 Å². The van der Waals surface area contributed by atoms with E-state index in [1.807, 2.05) is 13.0 Å². The summed E-state index contributed by atoms with van der Waals surface area (Å²) in [7, 11) is 1.72. The van der Waals surface area contributed by atoms with Gasteiger partial charge >= 0.3 is 0 Å². The highest BCUT2D eigenvalue weighted by molar-refractivity contribution is 5.95. The molecule has 0 spiro atoms. The third-order valence-electron chi connectivity index (χ3n) is 2.76. The summed E-state index contributed by atoms with van der Waals surface area (Å²) in [5.41, 5.74) is 7.95. The van der Waals surface area contributed by atoms with E-state index in [0.717, 1.165) is 5.56 Å². The van der Waals surface area contributed by atoms with E-state index in [2.05, 4.69) is 0 Å². The summed E-state index contributed by atoms with van der Waals surface area (Å²) in [5, 5.41) is 9.18. The van der Waals surface area contributed by atoms with Crippen LogP contribution in [0.4, 0.5) is 5.69 Å². The molecule has 3 N–H and O–H groups in total. The number of nitrogen functional groups attached to an aromatic ring is 1. The molecule has 4 heteroatoms. The van der Waals surface area contributed by atoms with E-state index in [9.17, 15) is 9.90 Å². The molecule has 1 atom stereocenters. The fraction of sp³-hybridized carbons (Fsp3) is 0.462. The molecule has 94 valence electrons. The lowest BCUT2D eigenvalue weighted by molar-refractivity contribution is 0.0769. The van der Waals surface area contributed by atoms with Crippen molar-refractivity contribution in [3.05, 3.63) is 29.3 Å². The van der Waals surface area contributed by atoms with Crippen LogP contribution in [0.15, 0.2) is 18.2 Å². The number of aryl methyl sites for hydroxylation is 1. The molecular formula is C13H20N2O2. The number of amides is 1. The molecule has 0 fully saturated rings. The number of carbonyl (C=O) groups is 1. The smallest absolute Gasteiger partial charge is 0.253 e. The van der Waals surface area contributed by atoms with E-state index in [-0.39, 0.29) is 5.91 Å².